The molecule has 0 saturated carbocycles. The summed E-state index contributed by atoms with van der Waals surface area (Å²) in [4.78, 5) is 24.1. The van der Waals surface area contributed by atoms with Crippen LogP contribution in [0, 0.1) is 0 Å². The predicted octanol–water partition coefficient (Wildman–Crippen LogP) is 4.52. The van der Waals surface area contributed by atoms with Crippen molar-refractivity contribution in [3.8, 4) is 11.1 Å². The van der Waals surface area contributed by atoms with Crippen LogP contribution in [0.25, 0.3) is 22.2 Å². The Bertz CT molecular complexity index is 1190. The highest BCUT2D eigenvalue weighted by atomic mass is 35.5. The number of nitrogens with zero attached hydrogens (tertiary/aromatic N) is 2. The molecule has 0 spiro atoms. The predicted molar refractivity (Wildman–Crippen MR) is 135 cm³/mol. The van der Waals surface area contributed by atoms with Gasteiger partial charge in [-0.3, -0.25) is 9.69 Å². The fraction of sp³-hybridized carbons (Fsp3) is 0.280. The fourth-order valence-electron chi connectivity index (χ4n) is 4.02. The molecule has 0 bridgehead atoms. The highest BCUT2D eigenvalue weighted by molar-refractivity contribution is 7.09. The maximum atomic E-state index is 12.8. The number of H-pyrrole nitrogens is 1. The summed E-state index contributed by atoms with van der Waals surface area (Å²) >= 11 is 1.71. The molecule has 6 nitrogen and oxygen atoms in total. The monoisotopic (exact) mass is 482 g/mol. The van der Waals surface area contributed by atoms with Crippen molar-refractivity contribution in [2.24, 2.45) is 0 Å². The number of pyridine rings is 1. The summed E-state index contributed by atoms with van der Waals surface area (Å²) in [7, 11) is 0. The smallest absolute Gasteiger partial charge is 0.253 e. The van der Waals surface area contributed by atoms with Gasteiger partial charge in [0.1, 0.15) is 5.65 Å². The number of amides is 1. The van der Waals surface area contributed by atoms with Crippen LogP contribution >= 0.6 is 23.7 Å². The highest BCUT2D eigenvalue weighted by Gasteiger charge is 2.14. The summed E-state index contributed by atoms with van der Waals surface area (Å²) in [5.41, 5.74) is 4.74. The minimum absolute atomic E-state index is 0. The number of aromatic amines is 1. The molecule has 0 unspecified atom stereocenters. The van der Waals surface area contributed by atoms with Gasteiger partial charge in [-0.25, -0.2) is 4.98 Å². The number of nitrogens with one attached hydrogen (secondary N) is 2. The third kappa shape index (κ3) is 5.62. The van der Waals surface area contributed by atoms with E-state index in [0.29, 0.717) is 12.1 Å². The van der Waals surface area contributed by atoms with Gasteiger partial charge in [0.25, 0.3) is 5.91 Å². The van der Waals surface area contributed by atoms with Crippen molar-refractivity contribution in [3.05, 3.63) is 76.2 Å². The van der Waals surface area contributed by atoms with Crippen molar-refractivity contribution in [1.82, 2.24) is 20.2 Å². The van der Waals surface area contributed by atoms with E-state index in [0.717, 1.165) is 61.4 Å². The molecule has 0 aliphatic carbocycles. The molecule has 33 heavy (non-hydrogen) atoms. The van der Waals surface area contributed by atoms with Crippen LogP contribution in [-0.4, -0.2) is 53.6 Å². The molecule has 1 aliphatic rings. The van der Waals surface area contributed by atoms with E-state index in [4.69, 9.17) is 4.74 Å². The maximum Gasteiger partial charge on any atom is 0.253 e. The van der Waals surface area contributed by atoms with Crippen molar-refractivity contribution >= 4 is 40.7 Å². The molecule has 2 N–H and O–H groups in total. The SMILES string of the molecule is Cl.O=C(NCCc1cccs1)c1c[nH]c2ncc(-c3ccc(CN4CCOCC4)cc3)cc12. The van der Waals surface area contributed by atoms with E-state index < -0.39 is 0 Å². The molecule has 3 aromatic heterocycles. The lowest BCUT2D eigenvalue weighted by Crippen LogP contribution is -2.35. The quantitative estimate of drug-likeness (QED) is 0.406. The van der Waals surface area contributed by atoms with Crippen molar-refractivity contribution in [3.63, 3.8) is 0 Å². The second-order valence-electron chi connectivity index (χ2n) is 7.99. The molecule has 1 aromatic carbocycles. The van der Waals surface area contributed by atoms with Crippen LogP contribution < -0.4 is 5.32 Å². The van der Waals surface area contributed by atoms with E-state index in [1.807, 2.05) is 18.3 Å². The van der Waals surface area contributed by atoms with Gasteiger partial charge in [0.05, 0.1) is 18.8 Å². The Labute approximate surface area is 203 Å². The van der Waals surface area contributed by atoms with Gasteiger partial charge in [0.2, 0.25) is 0 Å². The molecule has 5 rings (SSSR count). The highest BCUT2D eigenvalue weighted by Crippen LogP contribution is 2.25. The van der Waals surface area contributed by atoms with Crippen LogP contribution in [0.4, 0.5) is 0 Å². The molecule has 0 atom stereocenters. The zero-order chi connectivity index (χ0) is 21.8. The first kappa shape index (κ1) is 23.4. The summed E-state index contributed by atoms with van der Waals surface area (Å²) in [5, 5.41) is 5.92. The Hall–Kier alpha value is -2.71. The van der Waals surface area contributed by atoms with E-state index in [9.17, 15) is 4.79 Å². The van der Waals surface area contributed by atoms with Crippen LogP contribution in [-0.2, 0) is 17.7 Å². The van der Waals surface area contributed by atoms with Gasteiger partial charge in [0, 0.05) is 54.4 Å². The number of aromatic nitrogens is 2. The summed E-state index contributed by atoms with van der Waals surface area (Å²) in [5.74, 6) is -0.0763. The molecule has 8 heteroatoms. The molecule has 0 radical (unpaired) electrons. The first-order valence-electron chi connectivity index (χ1n) is 10.9. The van der Waals surface area contributed by atoms with Gasteiger partial charge in [-0.2, -0.15) is 0 Å². The average molecular weight is 483 g/mol. The Morgan fingerprint density at radius 3 is 2.73 bits per heavy atom. The number of ether oxygens (including phenoxy) is 1. The van der Waals surface area contributed by atoms with E-state index in [1.54, 1.807) is 17.5 Å². The second kappa shape index (κ2) is 10.9. The van der Waals surface area contributed by atoms with Crippen LogP contribution in [0.3, 0.4) is 0 Å². The minimum Gasteiger partial charge on any atom is -0.379 e. The number of hydrogen-bond donors (Lipinski definition) is 2. The third-order valence-corrected chi connectivity index (χ3v) is 6.75. The number of fused-ring (bicyclic) bond motifs is 1. The summed E-state index contributed by atoms with van der Waals surface area (Å²) in [6, 6.07) is 14.8. The van der Waals surface area contributed by atoms with Crippen LogP contribution in [0.15, 0.2) is 60.2 Å². The molecule has 4 heterocycles. The van der Waals surface area contributed by atoms with Gasteiger partial charge in [-0.15, -0.1) is 23.7 Å². The van der Waals surface area contributed by atoms with Gasteiger partial charge >= 0.3 is 0 Å². The molecule has 172 valence electrons. The van der Waals surface area contributed by atoms with E-state index in [2.05, 4.69) is 55.9 Å². The molecular weight excluding hydrogens is 456 g/mol. The number of thiophene rings is 1. The van der Waals surface area contributed by atoms with Gasteiger partial charge in [-0.1, -0.05) is 30.3 Å². The molecular formula is C25H27ClN4O2S. The lowest BCUT2D eigenvalue weighted by atomic mass is 10.0. The number of rotatable bonds is 7. The Morgan fingerprint density at radius 1 is 1.15 bits per heavy atom. The van der Waals surface area contributed by atoms with E-state index in [1.165, 1.54) is 10.4 Å². The van der Waals surface area contributed by atoms with Crippen LogP contribution in [0.5, 0.6) is 0 Å². The summed E-state index contributed by atoms with van der Waals surface area (Å²) in [6.07, 6.45) is 4.44. The molecule has 1 aliphatic heterocycles. The molecule has 1 fully saturated rings. The number of benzene rings is 1. The van der Waals surface area contributed by atoms with Gasteiger partial charge in [0.15, 0.2) is 0 Å². The van der Waals surface area contributed by atoms with Crippen LogP contribution in [0.1, 0.15) is 20.8 Å². The number of morpholine rings is 1. The lowest BCUT2D eigenvalue weighted by Gasteiger charge is -2.26. The Kier molecular flexibility index (Phi) is 7.77. The molecule has 1 amide bonds. The third-order valence-electron chi connectivity index (χ3n) is 5.81. The van der Waals surface area contributed by atoms with Gasteiger partial charge < -0.3 is 15.0 Å². The molecule has 4 aromatic rings. The van der Waals surface area contributed by atoms with Crippen LogP contribution in [0.2, 0.25) is 0 Å². The van der Waals surface area contributed by atoms with Crippen molar-refractivity contribution < 1.29 is 9.53 Å². The standard InChI is InChI=1S/C25H26N4O2S.ClH/c30-25(26-8-7-21-2-1-13-32-21)23-16-28-24-22(23)14-20(15-27-24)19-5-3-18(4-6-19)17-29-9-11-31-12-10-29;/h1-6,13-16H,7-12,17H2,(H,26,30)(H,27,28);1H. The largest absolute Gasteiger partial charge is 0.379 e. The summed E-state index contributed by atoms with van der Waals surface area (Å²) in [6.45, 7) is 5.13. The Balaban J connectivity index is 0.00000259. The summed E-state index contributed by atoms with van der Waals surface area (Å²) < 4.78 is 5.43. The van der Waals surface area contributed by atoms with Gasteiger partial charge in [-0.05, 0) is 35.1 Å². The average Bonchev–Trinajstić information content (AvgIpc) is 3.50. The fourth-order valence-corrected chi connectivity index (χ4v) is 4.73. The zero-order valence-electron chi connectivity index (χ0n) is 18.3. The number of carbonyl (C=O) groups excluding carboxylic acids is 1. The lowest BCUT2D eigenvalue weighted by molar-refractivity contribution is 0.0342. The van der Waals surface area contributed by atoms with Crippen molar-refractivity contribution in [2.45, 2.75) is 13.0 Å². The van der Waals surface area contributed by atoms with E-state index >= 15 is 0 Å². The maximum absolute atomic E-state index is 12.8. The van der Waals surface area contributed by atoms with Crippen molar-refractivity contribution in [1.29, 1.82) is 0 Å². The van der Waals surface area contributed by atoms with E-state index in [-0.39, 0.29) is 18.3 Å². The topological polar surface area (TPSA) is 70.2 Å². The number of carbonyl (C=O) groups is 1. The zero-order valence-corrected chi connectivity index (χ0v) is 19.9. The second-order valence-corrected chi connectivity index (χ2v) is 9.03. The first-order valence-corrected chi connectivity index (χ1v) is 11.8. The van der Waals surface area contributed by atoms with Crippen molar-refractivity contribution in [2.75, 3.05) is 32.8 Å². The Morgan fingerprint density at radius 2 is 1.97 bits per heavy atom. The number of hydrogen-bond acceptors (Lipinski definition) is 5. The normalized spacial score (nSPS) is 14.2. The minimum atomic E-state index is -0.0763. The molecule has 1 saturated heterocycles. The number of halogens is 1. The first-order chi connectivity index (χ1) is 15.8.